The molecule has 5 nitrogen and oxygen atoms in total. The monoisotopic (exact) mass is 332 g/mol. The highest BCUT2D eigenvalue weighted by Gasteiger charge is 2.25. The molecule has 0 heterocycles. The van der Waals surface area contributed by atoms with Crippen LogP contribution in [0.4, 0.5) is 4.39 Å². The molecule has 0 spiro atoms. The Morgan fingerprint density at radius 3 is 2.81 bits per heavy atom. The van der Waals surface area contributed by atoms with E-state index >= 15 is 0 Å². The van der Waals surface area contributed by atoms with Gasteiger partial charge in [-0.15, -0.1) is 0 Å². The minimum absolute atomic E-state index is 0.0128. The number of thiocarbonyl (C=S) groups is 1. The van der Waals surface area contributed by atoms with Crippen molar-refractivity contribution in [2.24, 2.45) is 4.99 Å². The number of halogens is 1. The summed E-state index contributed by atoms with van der Waals surface area (Å²) in [5.74, 6) is -0.618. The zero-order valence-corrected chi connectivity index (χ0v) is 13.6. The molecule has 1 atom stereocenters. The molecule has 1 rings (SSSR count). The van der Waals surface area contributed by atoms with E-state index in [1.54, 1.807) is 14.0 Å². The van der Waals surface area contributed by atoms with E-state index in [-0.39, 0.29) is 12.2 Å². The Kier molecular flexibility index (Phi) is 6.22. The summed E-state index contributed by atoms with van der Waals surface area (Å²) in [6.07, 6.45) is 6.32. The van der Waals surface area contributed by atoms with Crippen molar-refractivity contribution in [2.45, 2.75) is 18.6 Å². The van der Waals surface area contributed by atoms with Crippen LogP contribution in [0.1, 0.15) is 13.3 Å². The Morgan fingerprint density at radius 1 is 1.62 bits per heavy atom. The summed E-state index contributed by atoms with van der Waals surface area (Å²) >= 11 is 5.05. The molecule has 21 heavy (non-hydrogen) atoms. The number of sulfone groups is 1. The first-order chi connectivity index (χ1) is 9.75. The van der Waals surface area contributed by atoms with Gasteiger partial charge in [-0.05, 0) is 13.0 Å². The highest BCUT2D eigenvalue weighted by atomic mass is 32.2. The smallest absolute Gasteiger partial charge is 0.157 e. The summed E-state index contributed by atoms with van der Waals surface area (Å²) in [7, 11) is -1.72. The van der Waals surface area contributed by atoms with Crippen molar-refractivity contribution in [2.75, 3.05) is 13.3 Å². The van der Waals surface area contributed by atoms with Crippen LogP contribution in [0.15, 0.2) is 40.6 Å². The van der Waals surface area contributed by atoms with E-state index in [2.05, 4.69) is 10.3 Å². The van der Waals surface area contributed by atoms with Gasteiger partial charge in [0.05, 0.1) is 17.9 Å². The quantitative estimate of drug-likeness (QED) is 0.274. The second-order valence-corrected chi connectivity index (χ2v) is 7.15. The molecule has 0 fully saturated rings. The maximum absolute atomic E-state index is 13.8. The summed E-state index contributed by atoms with van der Waals surface area (Å²) in [6, 6.07) is 0. The van der Waals surface area contributed by atoms with Gasteiger partial charge in [-0.2, -0.15) is 0 Å². The van der Waals surface area contributed by atoms with Gasteiger partial charge in [-0.25, -0.2) is 12.8 Å². The van der Waals surface area contributed by atoms with Crippen molar-refractivity contribution in [3.05, 3.63) is 35.6 Å². The van der Waals surface area contributed by atoms with Crippen LogP contribution < -0.4 is 5.32 Å². The van der Waals surface area contributed by atoms with Crippen molar-refractivity contribution in [3.63, 3.8) is 0 Å². The molecule has 0 amide bonds. The number of nitrogens with one attached hydrogen (secondary N) is 1. The van der Waals surface area contributed by atoms with Gasteiger partial charge in [-0.1, -0.05) is 18.3 Å². The first kappa shape index (κ1) is 17.5. The van der Waals surface area contributed by atoms with Crippen LogP contribution in [-0.4, -0.2) is 38.3 Å². The summed E-state index contributed by atoms with van der Waals surface area (Å²) in [4.78, 5) is 4.12. The summed E-state index contributed by atoms with van der Waals surface area (Å²) < 4.78 is 41.8. The molecule has 0 saturated carbocycles. The molecule has 1 aliphatic rings. The molecule has 0 saturated heterocycles. The fraction of sp³-hybridized carbons (Fsp3) is 0.385. The molecule has 1 aliphatic carbocycles. The number of aliphatic imine (C=N–C) groups is 1. The Balaban J connectivity index is 2.73. The largest absolute Gasteiger partial charge is 0.462 e. The van der Waals surface area contributed by atoms with E-state index < -0.39 is 20.9 Å². The highest BCUT2D eigenvalue weighted by molar-refractivity contribution is 7.91. The molecule has 0 aromatic heterocycles. The van der Waals surface area contributed by atoms with Crippen LogP contribution in [0.5, 0.6) is 0 Å². The van der Waals surface area contributed by atoms with E-state index in [1.165, 1.54) is 24.8 Å². The predicted octanol–water partition coefficient (Wildman–Crippen LogP) is 2.04. The lowest BCUT2D eigenvalue weighted by molar-refractivity contribution is 0.336. The molecule has 1 N–H and O–H groups in total. The molecule has 0 aromatic carbocycles. The first-order valence-electron chi connectivity index (χ1n) is 6.06. The molecule has 1 unspecified atom stereocenters. The molecule has 0 aliphatic heterocycles. The van der Waals surface area contributed by atoms with Gasteiger partial charge in [0.15, 0.2) is 15.6 Å². The van der Waals surface area contributed by atoms with Gasteiger partial charge in [0.2, 0.25) is 0 Å². The van der Waals surface area contributed by atoms with Crippen LogP contribution >= 0.6 is 12.2 Å². The van der Waals surface area contributed by atoms with Gasteiger partial charge < -0.3 is 10.1 Å². The third-order valence-corrected chi connectivity index (χ3v) is 4.57. The molecule has 0 radical (unpaired) electrons. The number of allylic oxidation sites excluding steroid dienone is 2. The van der Waals surface area contributed by atoms with Crippen molar-refractivity contribution in [1.82, 2.24) is 5.32 Å². The lowest BCUT2D eigenvalue weighted by Gasteiger charge is -2.16. The number of hydrogen-bond donors (Lipinski definition) is 1. The van der Waals surface area contributed by atoms with Crippen LogP contribution in [0.2, 0.25) is 0 Å². The fourth-order valence-electron chi connectivity index (χ4n) is 1.47. The minimum Gasteiger partial charge on any atom is -0.462 e. The Morgan fingerprint density at radius 2 is 2.29 bits per heavy atom. The van der Waals surface area contributed by atoms with E-state index in [9.17, 15) is 12.8 Å². The lowest BCUT2D eigenvalue weighted by Crippen LogP contribution is -2.21. The first-order valence-corrected chi connectivity index (χ1v) is 8.42. The molecule has 0 aromatic rings. The van der Waals surface area contributed by atoms with E-state index in [0.29, 0.717) is 10.6 Å². The third-order valence-electron chi connectivity index (χ3n) is 2.71. The maximum atomic E-state index is 13.8. The van der Waals surface area contributed by atoms with Crippen LogP contribution in [0.3, 0.4) is 0 Å². The van der Waals surface area contributed by atoms with Crippen LogP contribution in [-0.2, 0) is 14.6 Å². The average molecular weight is 332 g/mol. The molecule has 0 bridgehead atoms. The topological polar surface area (TPSA) is 67.8 Å². The number of hydrogen-bond acceptors (Lipinski definition) is 5. The summed E-state index contributed by atoms with van der Waals surface area (Å²) in [6.45, 7) is 1.70. The third kappa shape index (κ3) is 5.39. The Labute approximate surface area is 129 Å². The fourth-order valence-corrected chi connectivity index (χ4v) is 2.38. The minimum atomic E-state index is -3.31. The molecule has 8 heteroatoms. The Bertz CT molecular complexity index is 634. The lowest BCUT2D eigenvalue weighted by atomic mass is 10.1. The van der Waals surface area contributed by atoms with Crippen LogP contribution in [0, 0.1) is 0 Å². The number of nitrogens with zero attached hydrogens (tertiary/aromatic N) is 1. The zero-order valence-electron chi connectivity index (χ0n) is 12.0. The van der Waals surface area contributed by atoms with Gasteiger partial charge in [0.1, 0.15) is 10.8 Å². The van der Waals surface area contributed by atoms with E-state index in [0.717, 1.165) is 6.26 Å². The SMILES string of the molecule is CN=CNC(=S)C(C)=COC1=C(F)CC(S(C)(=O)=O)C=C1. The Hall–Kier alpha value is -1.54. The molecule has 116 valence electrons. The van der Waals surface area contributed by atoms with Crippen LogP contribution in [0.25, 0.3) is 0 Å². The normalized spacial score (nSPS) is 20.0. The summed E-state index contributed by atoms with van der Waals surface area (Å²) in [5, 5.41) is 1.89. The van der Waals surface area contributed by atoms with Crippen molar-refractivity contribution < 1.29 is 17.5 Å². The standard InChI is InChI=1S/C13H17FN2O3S2/c1-9(13(20)16-8-15-2)7-19-12-5-4-10(6-11(12)14)21(3,17)18/h4-5,7-8,10H,6H2,1-3H3,(H,15,16,20). The maximum Gasteiger partial charge on any atom is 0.157 e. The highest BCUT2D eigenvalue weighted by Crippen LogP contribution is 2.25. The van der Waals surface area contributed by atoms with Gasteiger partial charge in [-0.3, -0.25) is 4.99 Å². The van der Waals surface area contributed by atoms with Gasteiger partial charge >= 0.3 is 0 Å². The van der Waals surface area contributed by atoms with E-state index in [1.807, 2.05) is 0 Å². The number of ether oxygens (including phenoxy) is 1. The van der Waals surface area contributed by atoms with Crippen molar-refractivity contribution >= 4 is 33.4 Å². The number of rotatable bonds is 5. The molecular weight excluding hydrogens is 315 g/mol. The van der Waals surface area contributed by atoms with Crippen molar-refractivity contribution in [3.8, 4) is 0 Å². The second kappa shape index (κ2) is 7.46. The second-order valence-electron chi connectivity index (χ2n) is 4.48. The average Bonchev–Trinajstić information content (AvgIpc) is 2.41. The van der Waals surface area contributed by atoms with Gasteiger partial charge in [0, 0.05) is 25.3 Å². The van der Waals surface area contributed by atoms with E-state index in [4.69, 9.17) is 17.0 Å². The summed E-state index contributed by atoms with van der Waals surface area (Å²) in [5.41, 5.74) is 0.587. The van der Waals surface area contributed by atoms with Crippen molar-refractivity contribution in [1.29, 1.82) is 0 Å². The molecular formula is C13H17FN2O3S2. The van der Waals surface area contributed by atoms with Gasteiger partial charge in [0.25, 0.3) is 0 Å². The predicted molar refractivity (Wildman–Crippen MR) is 85.5 cm³/mol. The zero-order chi connectivity index (χ0) is 16.0.